The van der Waals surface area contributed by atoms with Gasteiger partial charge in [-0.15, -0.1) is 0 Å². The lowest BCUT2D eigenvalue weighted by Gasteiger charge is -2.16. The number of carbonyl (C=O) groups excluding carboxylic acids is 2. The standard InChI is InChI=1S/C21H11F8NO.C20H11F6NO/c22-17-3-1-2-14(18(17)23)19(31)30-13-7-4-11(5-8-13)15-10-12(20(24,25)26)6-9-16(15)21(27,28)29;21-16-9-6-12(20(24,25)26)10-15(16)11-4-7-13(8-5-11)27-19(28)14-2-1-3-17(22)18(14)23/h1-10H,(H,30,31);1-10H,(H,27,28). The summed E-state index contributed by atoms with van der Waals surface area (Å²) in [6.45, 7) is 0. The molecule has 0 heterocycles. The predicted octanol–water partition coefficient (Wildman–Crippen LogP) is 13.0. The monoisotopic (exact) mass is 840 g/mol. The second-order valence-electron chi connectivity index (χ2n) is 12.2. The molecule has 6 rings (SSSR count). The number of amides is 2. The highest BCUT2D eigenvalue weighted by Crippen LogP contribution is 2.41. The molecule has 0 unspecified atom stereocenters. The molecule has 6 aromatic carbocycles. The van der Waals surface area contributed by atoms with Crippen molar-refractivity contribution >= 4 is 23.2 Å². The van der Waals surface area contributed by atoms with Gasteiger partial charge in [-0.1, -0.05) is 36.4 Å². The Kier molecular flexibility index (Phi) is 12.5. The van der Waals surface area contributed by atoms with Crippen LogP contribution in [0.15, 0.2) is 121 Å². The Bertz CT molecular complexity index is 2490. The minimum absolute atomic E-state index is 0.0120. The summed E-state index contributed by atoms with van der Waals surface area (Å²) in [4.78, 5) is 24.1. The number of hydrogen-bond acceptors (Lipinski definition) is 2. The Morgan fingerprint density at radius 1 is 0.407 bits per heavy atom. The fourth-order valence-electron chi connectivity index (χ4n) is 5.35. The number of rotatable bonds is 6. The van der Waals surface area contributed by atoms with Crippen molar-refractivity contribution in [2.75, 3.05) is 10.6 Å². The summed E-state index contributed by atoms with van der Waals surface area (Å²) >= 11 is 0. The van der Waals surface area contributed by atoms with Gasteiger partial charge in [-0.05, 0) is 102 Å². The number of hydrogen-bond donors (Lipinski definition) is 2. The third-order valence-corrected chi connectivity index (χ3v) is 8.25. The average Bonchev–Trinajstić information content (AvgIpc) is 3.16. The Labute approximate surface area is 323 Å². The van der Waals surface area contributed by atoms with E-state index in [1.54, 1.807) is 0 Å². The van der Waals surface area contributed by atoms with Crippen molar-refractivity contribution in [2.45, 2.75) is 18.5 Å². The lowest BCUT2D eigenvalue weighted by atomic mass is 9.96. The molecule has 0 radical (unpaired) electrons. The van der Waals surface area contributed by atoms with Crippen molar-refractivity contribution in [3.63, 3.8) is 0 Å². The van der Waals surface area contributed by atoms with E-state index in [2.05, 4.69) is 10.6 Å². The van der Waals surface area contributed by atoms with E-state index in [1.807, 2.05) is 0 Å². The molecule has 0 aliphatic heterocycles. The fourth-order valence-corrected chi connectivity index (χ4v) is 5.35. The Morgan fingerprint density at radius 3 is 1.20 bits per heavy atom. The van der Waals surface area contributed by atoms with Crippen LogP contribution in [0.5, 0.6) is 0 Å². The number of alkyl halides is 9. The zero-order valence-corrected chi connectivity index (χ0v) is 29.2. The van der Waals surface area contributed by atoms with Gasteiger partial charge in [0.05, 0.1) is 27.8 Å². The van der Waals surface area contributed by atoms with Gasteiger partial charge in [0.1, 0.15) is 5.82 Å². The maximum absolute atomic E-state index is 13.9. The summed E-state index contributed by atoms with van der Waals surface area (Å²) in [6, 6.07) is 18.8. The Balaban J connectivity index is 0.000000225. The highest BCUT2D eigenvalue weighted by atomic mass is 19.4. The first-order chi connectivity index (χ1) is 27.5. The molecule has 2 amide bonds. The zero-order chi connectivity index (χ0) is 43.4. The largest absolute Gasteiger partial charge is 0.417 e. The minimum Gasteiger partial charge on any atom is -0.322 e. The summed E-state index contributed by atoms with van der Waals surface area (Å²) in [5.41, 5.74) is -5.43. The van der Waals surface area contributed by atoms with Crippen molar-refractivity contribution in [2.24, 2.45) is 0 Å². The molecule has 18 heteroatoms. The molecule has 4 nitrogen and oxygen atoms in total. The number of benzene rings is 6. The lowest BCUT2D eigenvalue weighted by Crippen LogP contribution is -2.14. The second-order valence-corrected chi connectivity index (χ2v) is 12.2. The van der Waals surface area contributed by atoms with Crippen LogP contribution in [0.4, 0.5) is 72.8 Å². The van der Waals surface area contributed by atoms with Crippen LogP contribution in [0.1, 0.15) is 37.4 Å². The molecule has 0 saturated heterocycles. The predicted molar refractivity (Wildman–Crippen MR) is 187 cm³/mol. The van der Waals surface area contributed by atoms with Gasteiger partial charge < -0.3 is 10.6 Å². The van der Waals surface area contributed by atoms with Crippen molar-refractivity contribution in [1.82, 2.24) is 0 Å². The number of carbonyl (C=O) groups is 2. The molecular formula is C41H22F14N2O2. The van der Waals surface area contributed by atoms with Gasteiger partial charge in [-0.3, -0.25) is 9.59 Å². The molecule has 0 atom stereocenters. The molecule has 0 aromatic heterocycles. The second kappa shape index (κ2) is 17.0. The molecule has 0 spiro atoms. The fraction of sp³-hybridized carbons (Fsp3) is 0.0732. The SMILES string of the molecule is O=C(Nc1ccc(-c2cc(C(F)(F)F)ccc2C(F)(F)F)cc1)c1cccc(F)c1F.O=C(Nc1ccc(-c2cc(C(F)(F)F)ccc2F)cc1)c1cccc(F)c1F. The van der Waals surface area contributed by atoms with E-state index >= 15 is 0 Å². The maximum atomic E-state index is 13.9. The highest BCUT2D eigenvalue weighted by Gasteiger charge is 2.37. The normalized spacial score (nSPS) is 11.7. The molecular weight excluding hydrogens is 818 g/mol. The van der Waals surface area contributed by atoms with Gasteiger partial charge in [0.25, 0.3) is 11.8 Å². The van der Waals surface area contributed by atoms with Crippen LogP contribution in [0.25, 0.3) is 22.3 Å². The quantitative estimate of drug-likeness (QED) is 0.164. The van der Waals surface area contributed by atoms with Crippen molar-refractivity contribution in [3.8, 4) is 22.3 Å². The Morgan fingerprint density at radius 2 is 0.797 bits per heavy atom. The van der Waals surface area contributed by atoms with Crippen LogP contribution >= 0.6 is 0 Å². The summed E-state index contributed by atoms with van der Waals surface area (Å²) in [6.07, 6.45) is -14.4. The molecule has 306 valence electrons. The number of halogens is 14. The van der Waals surface area contributed by atoms with Crippen LogP contribution in [0, 0.1) is 29.1 Å². The van der Waals surface area contributed by atoms with Gasteiger partial charge in [-0.25, -0.2) is 22.0 Å². The number of anilines is 2. The number of nitrogens with one attached hydrogen (secondary N) is 2. The van der Waals surface area contributed by atoms with Gasteiger partial charge >= 0.3 is 18.5 Å². The molecule has 6 aromatic rings. The van der Waals surface area contributed by atoms with Gasteiger partial charge in [-0.2, -0.15) is 39.5 Å². The summed E-state index contributed by atoms with van der Waals surface area (Å²) in [5.74, 6) is -7.87. The molecule has 0 aliphatic rings. The summed E-state index contributed by atoms with van der Waals surface area (Å²) < 4.78 is 185. The van der Waals surface area contributed by atoms with Gasteiger partial charge in [0.15, 0.2) is 23.3 Å². The van der Waals surface area contributed by atoms with Crippen molar-refractivity contribution < 1.29 is 71.1 Å². The van der Waals surface area contributed by atoms with Crippen LogP contribution in [0.3, 0.4) is 0 Å². The zero-order valence-electron chi connectivity index (χ0n) is 29.2. The van der Waals surface area contributed by atoms with Crippen LogP contribution in [0.2, 0.25) is 0 Å². The maximum Gasteiger partial charge on any atom is 0.417 e. The van der Waals surface area contributed by atoms with E-state index in [0.29, 0.717) is 30.3 Å². The summed E-state index contributed by atoms with van der Waals surface area (Å²) in [7, 11) is 0. The average molecular weight is 841 g/mol. The first-order valence-corrected chi connectivity index (χ1v) is 16.4. The van der Waals surface area contributed by atoms with Crippen LogP contribution in [-0.4, -0.2) is 11.8 Å². The first-order valence-electron chi connectivity index (χ1n) is 16.4. The van der Waals surface area contributed by atoms with Crippen molar-refractivity contribution in [1.29, 1.82) is 0 Å². The van der Waals surface area contributed by atoms with Gasteiger partial charge in [0, 0.05) is 16.9 Å². The first kappa shape index (κ1) is 43.4. The van der Waals surface area contributed by atoms with Gasteiger partial charge in [0.2, 0.25) is 0 Å². The van der Waals surface area contributed by atoms with E-state index in [1.165, 1.54) is 30.3 Å². The minimum atomic E-state index is -4.90. The van der Waals surface area contributed by atoms with E-state index in [9.17, 15) is 71.1 Å². The van der Waals surface area contributed by atoms with Crippen LogP contribution in [-0.2, 0) is 18.5 Å². The molecule has 0 saturated carbocycles. The van der Waals surface area contributed by atoms with E-state index in [4.69, 9.17) is 0 Å². The smallest absolute Gasteiger partial charge is 0.322 e. The van der Waals surface area contributed by atoms with E-state index in [-0.39, 0.29) is 28.1 Å². The lowest BCUT2D eigenvalue weighted by molar-refractivity contribution is -0.141. The van der Waals surface area contributed by atoms with E-state index < -0.39 is 92.8 Å². The highest BCUT2D eigenvalue weighted by molar-refractivity contribution is 6.05. The Hall–Kier alpha value is -6.72. The van der Waals surface area contributed by atoms with Crippen molar-refractivity contribution in [3.05, 3.63) is 178 Å². The molecule has 0 bridgehead atoms. The van der Waals surface area contributed by atoms with Crippen LogP contribution < -0.4 is 10.6 Å². The molecule has 0 fully saturated rings. The third kappa shape index (κ3) is 10.4. The summed E-state index contributed by atoms with van der Waals surface area (Å²) in [5, 5.41) is 4.57. The molecule has 2 N–H and O–H groups in total. The topological polar surface area (TPSA) is 58.2 Å². The third-order valence-electron chi connectivity index (χ3n) is 8.25. The molecule has 0 aliphatic carbocycles. The van der Waals surface area contributed by atoms with E-state index in [0.717, 1.165) is 60.7 Å². The molecule has 59 heavy (non-hydrogen) atoms.